The van der Waals surface area contributed by atoms with E-state index in [1.807, 2.05) is 0 Å². The lowest BCUT2D eigenvalue weighted by Gasteiger charge is -2.40. The zero-order valence-corrected chi connectivity index (χ0v) is 16.2. The van der Waals surface area contributed by atoms with Crippen LogP contribution in [0.25, 0.3) is 0 Å². The molecule has 1 saturated heterocycles. The molecule has 29 heavy (non-hydrogen) atoms. The summed E-state index contributed by atoms with van der Waals surface area (Å²) in [5, 5.41) is 47.9. The number of hydrogen-bond acceptors (Lipinski definition) is 9. The quantitative estimate of drug-likeness (QED) is 0.488. The van der Waals surface area contributed by atoms with Crippen molar-refractivity contribution in [3.8, 4) is 0 Å². The fourth-order valence-electron chi connectivity index (χ4n) is 3.15. The zero-order valence-electron chi connectivity index (χ0n) is 15.5. The molecular formula is C19H21ClN2O7. The van der Waals surface area contributed by atoms with E-state index in [9.17, 15) is 25.2 Å². The minimum Gasteiger partial charge on any atom is -0.464 e. The molecule has 0 radical (unpaired) electrons. The highest BCUT2D eigenvalue weighted by Gasteiger charge is 2.44. The lowest BCUT2D eigenvalue weighted by atomic mass is 9.90. The Balaban J connectivity index is 1.83. The van der Waals surface area contributed by atoms with Crippen molar-refractivity contribution in [3.63, 3.8) is 0 Å². The molecule has 1 aliphatic rings. The Labute approximate surface area is 171 Å². The Kier molecular flexibility index (Phi) is 6.78. The summed E-state index contributed by atoms with van der Waals surface area (Å²) in [4.78, 5) is 11.4. The summed E-state index contributed by atoms with van der Waals surface area (Å²) in [5.74, 6) is -0.591. The maximum atomic E-state index is 11.4. The monoisotopic (exact) mass is 424 g/mol. The summed E-state index contributed by atoms with van der Waals surface area (Å²) in [6.45, 7) is -0.510. The zero-order chi connectivity index (χ0) is 21.1. The highest BCUT2D eigenvalue weighted by Crippen LogP contribution is 2.34. The molecule has 0 saturated carbocycles. The lowest BCUT2D eigenvalue weighted by molar-refractivity contribution is -0.231. The molecule has 1 aliphatic heterocycles. The van der Waals surface area contributed by atoms with Crippen LogP contribution in [0.15, 0.2) is 30.3 Å². The summed E-state index contributed by atoms with van der Waals surface area (Å²) < 4.78 is 10.2. The van der Waals surface area contributed by atoms with Gasteiger partial charge in [-0.2, -0.15) is 5.10 Å². The van der Waals surface area contributed by atoms with Gasteiger partial charge in [0.25, 0.3) is 0 Å². The van der Waals surface area contributed by atoms with Crippen molar-refractivity contribution < 1.29 is 34.7 Å². The van der Waals surface area contributed by atoms with Gasteiger partial charge in [-0.3, -0.25) is 0 Å². The van der Waals surface area contributed by atoms with Crippen LogP contribution in [0.5, 0.6) is 0 Å². The van der Waals surface area contributed by atoms with Crippen LogP contribution in [0.1, 0.15) is 33.4 Å². The van der Waals surface area contributed by atoms with Gasteiger partial charge in [0.1, 0.15) is 30.5 Å². The molecule has 156 valence electrons. The van der Waals surface area contributed by atoms with Gasteiger partial charge in [-0.1, -0.05) is 23.7 Å². The molecule has 0 aliphatic carbocycles. The van der Waals surface area contributed by atoms with Gasteiger partial charge in [-0.15, -0.1) is 5.10 Å². The molecule has 1 aromatic heterocycles. The van der Waals surface area contributed by atoms with Crippen LogP contribution in [0.2, 0.25) is 5.02 Å². The second-order valence-corrected chi connectivity index (χ2v) is 7.09. The molecule has 10 heteroatoms. The van der Waals surface area contributed by atoms with Crippen LogP contribution in [-0.2, 0) is 15.9 Å². The maximum Gasteiger partial charge on any atom is 0.358 e. The largest absolute Gasteiger partial charge is 0.464 e. The van der Waals surface area contributed by atoms with Gasteiger partial charge in [-0.05, 0) is 29.3 Å². The van der Waals surface area contributed by atoms with E-state index in [1.165, 1.54) is 13.2 Å². The standard InChI is InChI=1S/C19H21ClN2O7/c1-28-19(27)13-5-3-11(21-22-13)7-10-6-9(2-4-12(10)20)18-17(26)16(25)15(24)14(8-23)29-18/h2-6,14-18,23-26H,7-8H2,1H3/t14-,15-,16+,17+,18+/m1/s1. The van der Waals surface area contributed by atoms with E-state index >= 15 is 0 Å². The van der Waals surface area contributed by atoms with Crippen molar-refractivity contribution in [2.75, 3.05) is 13.7 Å². The normalized spacial score (nSPS) is 26.9. The summed E-state index contributed by atoms with van der Waals surface area (Å²) in [6, 6.07) is 8.04. The minimum atomic E-state index is -1.47. The fourth-order valence-corrected chi connectivity index (χ4v) is 3.33. The van der Waals surface area contributed by atoms with Crippen LogP contribution in [-0.4, -0.2) is 74.7 Å². The van der Waals surface area contributed by atoms with E-state index in [1.54, 1.807) is 24.3 Å². The van der Waals surface area contributed by atoms with Crippen molar-refractivity contribution in [1.29, 1.82) is 0 Å². The number of nitrogens with zero attached hydrogens (tertiary/aromatic N) is 2. The second-order valence-electron chi connectivity index (χ2n) is 6.68. The third-order valence-corrected chi connectivity index (χ3v) is 5.15. The summed E-state index contributed by atoms with van der Waals surface area (Å²) >= 11 is 6.28. The van der Waals surface area contributed by atoms with Crippen molar-refractivity contribution in [2.45, 2.75) is 36.9 Å². The lowest BCUT2D eigenvalue weighted by Crippen LogP contribution is -2.55. The number of aliphatic hydroxyl groups is 4. The molecule has 3 rings (SSSR count). The van der Waals surface area contributed by atoms with Gasteiger partial charge in [0.05, 0.1) is 19.4 Å². The number of esters is 1. The summed E-state index contributed by atoms with van der Waals surface area (Å²) in [5.41, 5.74) is 1.80. The van der Waals surface area contributed by atoms with E-state index < -0.39 is 43.1 Å². The van der Waals surface area contributed by atoms with E-state index in [4.69, 9.17) is 16.3 Å². The predicted molar refractivity (Wildman–Crippen MR) is 100 cm³/mol. The van der Waals surface area contributed by atoms with Gasteiger partial charge in [0.15, 0.2) is 5.69 Å². The molecule has 0 spiro atoms. The SMILES string of the molecule is COC(=O)c1ccc(Cc2cc([C@@H]3O[C@H](CO)[C@@H](O)[C@H](O)[C@@H]3O)ccc2Cl)nn1. The number of benzene rings is 1. The number of aromatic nitrogens is 2. The average Bonchev–Trinajstić information content (AvgIpc) is 2.74. The minimum absolute atomic E-state index is 0.0809. The molecule has 2 aromatic rings. The Bertz CT molecular complexity index is 862. The molecule has 0 unspecified atom stereocenters. The number of carbonyl (C=O) groups is 1. The van der Waals surface area contributed by atoms with Gasteiger partial charge in [0, 0.05) is 11.4 Å². The first-order valence-electron chi connectivity index (χ1n) is 8.85. The number of ether oxygens (including phenoxy) is 2. The molecule has 0 amide bonds. The van der Waals surface area contributed by atoms with Crippen LogP contribution in [0, 0.1) is 0 Å². The number of halogens is 1. The van der Waals surface area contributed by atoms with E-state index in [0.29, 0.717) is 28.3 Å². The Hall–Kier alpha value is -2.14. The van der Waals surface area contributed by atoms with Crippen molar-refractivity contribution >= 4 is 17.6 Å². The number of aliphatic hydroxyl groups excluding tert-OH is 4. The summed E-state index contributed by atoms with van der Waals surface area (Å²) in [7, 11) is 1.25. The van der Waals surface area contributed by atoms with Crippen molar-refractivity contribution in [3.05, 3.63) is 57.9 Å². The third kappa shape index (κ3) is 4.55. The first kappa shape index (κ1) is 21.6. The van der Waals surface area contributed by atoms with Crippen molar-refractivity contribution in [1.82, 2.24) is 10.2 Å². The number of methoxy groups -OCH3 is 1. The van der Waals surface area contributed by atoms with E-state index in [0.717, 1.165) is 0 Å². The van der Waals surface area contributed by atoms with E-state index in [2.05, 4.69) is 14.9 Å². The molecule has 0 bridgehead atoms. The molecule has 9 nitrogen and oxygen atoms in total. The predicted octanol–water partition coefficient (Wildman–Crippen LogP) is 0.0223. The van der Waals surface area contributed by atoms with Gasteiger partial charge >= 0.3 is 5.97 Å². The number of rotatable bonds is 5. The second kappa shape index (κ2) is 9.12. The third-order valence-electron chi connectivity index (χ3n) is 4.78. The number of carbonyl (C=O) groups excluding carboxylic acids is 1. The molecule has 5 atom stereocenters. The topological polar surface area (TPSA) is 142 Å². The molecule has 1 aromatic carbocycles. The summed E-state index contributed by atoms with van der Waals surface area (Å²) in [6.07, 6.45) is -5.97. The van der Waals surface area contributed by atoms with Crippen LogP contribution in [0.3, 0.4) is 0 Å². The Morgan fingerprint density at radius 2 is 1.90 bits per heavy atom. The maximum absolute atomic E-state index is 11.4. The van der Waals surface area contributed by atoms with Crippen LogP contribution in [0.4, 0.5) is 0 Å². The smallest absolute Gasteiger partial charge is 0.358 e. The Morgan fingerprint density at radius 3 is 2.52 bits per heavy atom. The average molecular weight is 425 g/mol. The van der Waals surface area contributed by atoms with E-state index in [-0.39, 0.29) is 5.69 Å². The van der Waals surface area contributed by atoms with Gasteiger partial charge in [0.2, 0.25) is 0 Å². The fraction of sp³-hybridized carbons (Fsp3) is 0.421. The first-order chi connectivity index (χ1) is 13.8. The molecular weight excluding hydrogens is 404 g/mol. The molecule has 2 heterocycles. The Morgan fingerprint density at radius 1 is 1.14 bits per heavy atom. The van der Waals surface area contributed by atoms with Gasteiger partial charge < -0.3 is 29.9 Å². The molecule has 1 fully saturated rings. The first-order valence-corrected chi connectivity index (χ1v) is 9.23. The molecule has 4 N–H and O–H groups in total. The van der Waals surface area contributed by atoms with Gasteiger partial charge in [-0.25, -0.2) is 4.79 Å². The van der Waals surface area contributed by atoms with Crippen LogP contribution >= 0.6 is 11.6 Å². The number of hydrogen-bond donors (Lipinski definition) is 4. The van der Waals surface area contributed by atoms with Crippen molar-refractivity contribution in [2.24, 2.45) is 0 Å². The highest BCUT2D eigenvalue weighted by molar-refractivity contribution is 6.31. The van der Waals surface area contributed by atoms with Crippen LogP contribution < -0.4 is 0 Å². The highest BCUT2D eigenvalue weighted by atomic mass is 35.5.